The molecule has 22 heavy (non-hydrogen) atoms. The number of aromatic carboxylic acids is 1. The molecule has 5 nitrogen and oxygen atoms in total. The van der Waals surface area contributed by atoms with Crippen LogP contribution in [0.3, 0.4) is 0 Å². The van der Waals surface area contributed by atoms with Crippen LogP contribution in [0.5, 0.6) is 0 Å². The number of carboxylic acid groups (broad SMARTS) is 1. The molecule has 0 saturated heterocycles. The zero-order chi connectivity index (χ0) is 15.6. The van der Waals surface area contributed by atoms with Crippen LogP contribution in [0.2, 0.25) is 0 Å². The molecular weight excluding hydrogens is 280 g/mol. The summed E-state index contributed by atoms with van der Waals surface area (Å²) in [6.07, 6.45) is 2.40. The lowest BCUT2D eigenvalue weighted by Gasteiger charge is -2.16. The molecule has 1 aliphatic rings. The van der Waals surface area contributed by atoms with Gasteiger partial charge >= 0.3 is 5.97 Å². The second-order valence-corrected chi connectivity index (χ2v) is 5.78. The highest BCUT2D eigenvalue weighted by molar-refractivity contribution is 5.86. The van der Waals surface area contributed by atoms with Crippen molar-refractivity contribution in [2.24, 2.45) is 5.41 Å². The standard InChI is InChI=1S/C17H18N2O3/c20-11-17(9-14(17)12-4-2-1-3-5-12)10-19-13-6-7-18-15(8-13)16(21)22/h1-8,14,20H,9-11H2,(H,18,19)(H,21,22). The van der Waals surface area contributed by atoms with Gasteiger partial charge in [0.2, 0.25) is 0 Å². The number of aromatic nitrogens is 1. The predicted octanol–water partition coefficient (Wildman–Crippen LogP) is 2.36. The minimum absolute atomic E-state index is 0.0125. The average molecular weight is 298 g/mol. The summed E-state index contributed by atoms with van der Waals surface area (Å²) >= 11 is 0. The second-order valence-electron chi connectivity index (χ2n) is 5.78. The lowest BCUT2D eigenvalue weighted by molar-refractivity contribution is 0.0690. The van der Waals surface area contributed by atoms with E-state index in [1.807, 2.05) is 18.2 Å². The molecule has 5 heteroatoms. The molecule has 1 aromatic heterocycles. The minimum Gasteiger partial charge on any atom is -0.477 e. The van der Waals surface area contributed by atoms with Gasteiger partial charge in [-0.15, -0.1) is 0 Å². The van der Waals surface area contributed by atoms with E-state index >= 15 is 0 Å². The molecule has 0 bridgehead atoms. The van der Waals surface area contributed by atoms with Crippen molar-refractivity contribution in [2.45, 2.75) is 12.3 Å². The van der Waals surface area contributed by atoms with Crippen LogP contribution in [0.4, 0.5) is 5.69 Å². The van der Waals surface area contributed by atoms with Crippen LogP contribution in [0.15, 0.2) is 48.7 Å². The van der Waals surface area contributed by atoms with Crippen molar-refractivity contribution < 1.29 is 15.0 Å². The molecule has 2 aromatic rings. The van der Waals surface area contributed by atoms with Crippen molar-refractivity contribution in [1.82, 2.24) is 4.98 Å². The Morgan fingerprint density at radius 1 is 1.32 bits per heavy atom. The fourth-order valence-corrected chi connectivity index (χ4v) is 2.87. The summed E-state index contributed by atoms with van der Waals surface area (Å²) in [4.78, 5) is 14.7. The molecule has 114 valence electrons. The molecule has 1 saturated carbocycles. The number of carboxylic acids is 1. The molecule has 1 fully saturated rings. The summed E-state index contributed by atoms with van der Waals surface area (Å²) in [6.45, 7) is 0.711. The van der Waals surface area contributed by atoms with Crippen LogP contribution in [0, 0.1) is 5.41 Å². The van der Waals surface area contributed by atoms with Crippen molar-refractivity contribution >= 4 is 11.7 Å². The van der Waals surface area contributed by atoms with Crippen molar-refractivity contribution in [1.29, 1.82) is 0 Å². The Morgan fingerprint density at radius 3 is 2.77 bits per heavy atom. The number of nitrogens with one attached hydrogen (secondary N) is 1. The van der Waals surface area contributed by atoms with Gasteiger partial charge in [-0.2, -0.15) is 0 Å². The lowest BCUT2D eigenvalue weighted by atomic mass is 9.99. The summed E-state index contributed by atoms with van der Waals surface area (Å²) in [5.41, 5.74) is 1.78. The lowest BCUT2D eigenvalue weighted by Crippen LogP contribution is -2.21. The smallest absolute Gasteiger partial charge is 0.354 e. The summed E-state index contributed by atoms with van der Waals surface area (Å²) < 4.78 is 0. The first kappa shape index (κ1) is 14.5. The van der Waals surface area contributed by atoms with E-state index in [0.29, 0.717) is 18.2 Å². The van der Waals surface area contributed by atoms with Crippen LogP contribution in [0.25, 0.3) is 0 Å². The van der Waals surface area contributed by atoms with Crippen LogP contribution in [0.1, 0.15) is 28.4 Å². The van der Waals surface area contributed by atoms with E-state index in [4.69, 9.17) is 5.11 Å². The van der Waals surface area contributed by atoms with Crippen LogP contribution >= 0.6 is 0 Å². The number of pyridine rings is 1. The van der Waals surface area contributed by atoms with Gasteiger partial charge in [0.05, 0.1) is 6.61 Å². The van der Waals surface area contributed by atoms with Gasteiger partial charge in [0, 0.05) is 23.8 Å². The third-order valence-electron chi connectivity index (χ3n) is 4.33. The maximum atomic E-state index is 10.9. The maximum absolute atomic E-state index is 10.9. The highest BCUT2D eigenvalue weighted by Crippen LogP contribution is 2.58. The Hall–Kier alpha value is -2.40. The van der Waals surface area contributed by atoms with Crippen LogP contribution in [-0.4, -0.2) is 34.3 Å². The van der Waals surface area contributed by atoms with E-state index in [-0.39, 0.29) is 17.7 Å². The monoisotopic (exact) mass is 298 g/mol. The van der Waals surface area contributed by atoms with Crippen molar-refractivity contribution in [2.75, 3.05) is 18.5 Å². The molecule has 1 heterocycles. The quantitative estimate of drug-likeness (QED) is 0.762. The summed E-state index contributed by atoms with van der Waals surface area (Å²) in [5, 5.41) is 21.9. The van der Waals surface area contributed by atoms with E-state index in [9.17, 15) is 9.90 Å². The van der Waals surface area contributed by atoms with Gasteiger partial charge < -0.3 is 15.5 Å². The van der Waals surface area contributed by atoms with E-state index in [1.165, 1.54) is 17.8 Å². The molecule has 1 aromatic carbocycles. The van der Waals surface area contributed by atoms with Gasteiger partial charge in [-0.25, -0.2) is 9.78 Å². The number of nitrogens with zero attached hydrogens (tertiary/aromatic N) is 1. The highest BCUT2D eigenvalue weighted by Gasteiger charge is 2.54. The molecule has 0 aliphatic heterocycles. The molecule has 1 aliphatic carbocycles. The Kier molecular flexibility index (Phi) is 3.81. The molecule has 2 atom stereocenters. The number of carbonyl (C=O) groups is 1. The summed E-state index contributed by atoms with van der Waals surface area (Å²) in [6, 6.07) is 13.4. The number of aliphatic hydroxyl groups excluding tert-OH is 1. The topological polar surface area (TPSA) is 82.5 Å². The third kappa shape index (κ3) is 2.80. The Morgan fingerprint density at radius 2 is 2.09 bits per heavy atom. The van der Waals surface area contributed by atoms with Gasteiger partial charge in [0.1, 0.15) is 5.69 Å². The van der Waals surface area contributed by atoms with Crippen molar-refractivity contribution in [3.05, 3.63) is 59.9 Å². The van der Waals surface area contributed by atoms with Crippen molar-refractivity contribution in [3.8, 4) is 0 Å². The molecule has 0 radical (unpaired) electrons. The number of benzene rings is 1. The van der Waals surface area contributed by atoms with E-state index in [0.717, 1.165) is 6.42 Å². The van der Waals surface area contributed by atoms with Crippen LogP contribution in [-0.2, 0) is 0 Å². The summed E-state index contributed by atoms with van der Waals surface area (Å²) in [5.74, 6) is -0.707. The number of hydrogen-bond acceptors (Lipinski definition) is 4. The first-order valence-corrected chi connectivity index (χ1v) is 7.24. The SMILES string of the molecule is O=C(O)c1cc(NCC2(CO)CC2c2ccccc2)ccn1. The van der Waals surface area contributed by atoms with E-state index in [2.05, 4.69) is 22.4 Å². The molecular formula is C17H18N2O3. The zero-order valence-corrected chi connectivity index (χ0v) is 12.1. The molecule has 3 rings (SSSR count). The van der Waals surface area contributed by atoms with Gasteiger partial charge in [0.15, 0.2) is 0 Å². The zero-order valence-electron chi connectivity index (χ0n) is 12.1. The Bertz CT molecular complexity index is 675. The first-order chi connectivity index (χ1) is 10.6. The summed E-state index contributed by atoms with van der Waals surface area (Å²) in [7, 11) is 0. The molecule has 0 spiro atoms. The average Bonchev–Trinajstić information content (AvgIpc) is 3.29. The van der Waals surface area contributed by atoms with E-state index < -0.39 is 5.97 Å². The number of rotatable bonds is 6. The molecule has 0 amide bonds. The van der Waals surface area contributed by atoms with Gasteiger partial charge in [0.25, 0.3) is 0 Å². The normalized spacial score (nSPS) is 23.0. The van der Waals surface area contributed by atoms with Gasteiger partial charge in [-0.3, -0.25) is 0 Å². The number of hydrogen-bond donors (Lipinski definition) is 3. The van der Waals surface area contributed by atoms with Crippen LogP contribution < -0.4 is 5.32 Å². The van der Waals surface area contributed by atoms with Crippen molar-refractivity contribution in [3.63, 3.8) is 0 Å². The minimum atomic E-state index is -1.05. The first-order valence-electron chi connectivity index (χ1n) is 7.24. The van der Waals surface area contributed by atoms with E-state index in [1.54, 1.807) is 6.07 Å². The molecule has 3 N–H and O–H groups in total. The maximum Gasteiger partial charge on any atom is 0.354 e. The number of anilines is 1. The largest absolute Gasteiger partial charge is 0.477 e. The van der Waals surface area contributed by atoms with Gasteiger partial charge in [-0.1, -0.05) is 30.3 Å². The Balaban J connectivity index is 1.68. The predicted molar refractivity (Wildman–Crippen MR) is 83.0 cm³/mol. The number of aliphatic hydroxyl groups is 1. The second kappa shape index (κ2) is 5.77. The van der Waals surface area contributed by atoms with Gasteiger partial charge in [-0.05, 0) is 30.0 Å². The Labute approximate surface area is 128 Å². The fourth-order valence-electron chi connectivity index (χ4n) is 2.87. The highest BCUT2D eigenvalue weighted by atomic mass is 16.4. The third-order valence-corrected chi connectivity index (χ3v) is 4.33. The fraction of sp³-hybridized carbons (Fsp3) is 0.294. The molecule has 2 unspecified atom stereocenters.